The lowest BCUT2D eigenvalue weighted by Crippen LogP contribution is -2.76. The van der Waals surface area contributed by atoms with Crippen LogP contribution >= 0.6 is 0 Å². The Balaban J connectivity index is 2.89. The van der Waals surface area contributed by atoms with Crippen LogP contribution in [0.5, 0.6) is 5.75 Å². The quantitative estimate of drug-likeness (QED) is 0.223. The van der Waals surface area contributed by atoms with Crippen molar-refractivity contribution in [2.45, 2.75) is 187 Å². The van der Waals surface area contributed by atoms with Crippen molar-refractivity contribution in [3.05, 3.63) is 28.8 Å². The van der Waals surface area contributed by atoms with Crippen LogP contribution < -0.4 is 0 Å². The first-order valence-electron chi connectivity index (χ1n) is 18.8. The normalized spacial score (nSPS) is 25.8. The highest BCUT2D eigenvalue weighted by molar-refractivity contribution is 6.01. The van der Waals surface area contributed by atoms with Crippen LogP contribution in [0.15, 0.2) is 12.1 Å². The first-order valence-corrected chi connectivity index (χ1v) is 18.8. The van der Waals surface area contributed by atoms with Crippen LogP contribution in [0, 0.1) is 17.3 Å². The van der Waals surface area contributed by atoms with Crippen LogP contribution in [0.3, 0.4) is 0 Å². The Hall–Kier alpha value is -2.12. The Kier molecular flexibility index (Phi) is 10.8. The van der Waals surface area contributed by atoms with Crippen molar-refractivity contribution in [2.24, 2.45) is 17.3 Å². The molecule has 49 heavy (non-hydrogen) atoms. The molecule has 0 bridgehead atoms. The van der Waals surface area contributed by atoms with Gasteiger partial charge in [-0.25, -0.2) is 0 Å². The average Bonchev–Trinajstić information content (AvgIpc) is 2.93. The van der Waals surface area contributed by atoms with Crippen molar-refractivity contribution >= 4 is 11.9 Å². The number of likely N-dealkylation sites (tertiary alicyclic amines) is 2. The highest BCUT2D eigenvalue weighted by Gasteiger charge is 2.74. The van der Waals surface area contributed by atoms with Gasteiger partial charge < -0.3 is 15.3 Å². The maximum absolute atomic E-state index is 14.5. The predicted octanol–water partition coefficient (Wildman–Crippen LogP) is 9.37. The summed E-state index contributed by atoms with van der Waals surface area (Å²) in [5, 5.41) is 36.6. The zero-order chi connectivity index (χ0) is 38.1. The Morgan fingerprint density at radius 2 is 1.12 bits per heavy atom. The third-order valence-corrected chi connectivity index (χ3v) is 14.0. The monoisotopic (exact) mass is 685 g/mol. The molecule has 2 fully saturated rings. The smallest absolute Gasteiger partial charge is 0.322 e. The summed E-state index contributed by atoms with van der Waals surface area (Å²) in [4.78, 5) is 33.7. The van der Waals surface area contributed by atoms with Gasteiger partial charge >= 0.3 is 11.9 Å². The van der Waals surface area contributed by atoms with E-state index in [1.165, 1.54) is 0 Å². The molecular formula is C42H72N2O5. The maximum atomic E-state index is 14.5. The fraction of sp³-hybridized carbons (Fsp3) is 0.810. The number of carbonyl (C=O) groups is 2. The van der Waals surface area contributed by atoms with E-state index in [0.717, 1.165) is 24.0 Å². The van der Waals surface area contributed by atoms with Gasteiger partial charge in [0.2, 0.25) is 0 Å². The number of phenolic OH excluding ortho intramolecular Hbond substituents is 1. The second-order valence-corrected chi connectivity index (χ2v) is 20.1. The summed E-state index contributed by atoms with van der Waals surface area (Å²) in [7, 11) is 4.22. The molecule has 2 atom stereocenters. The van der Waals surface area contributed by atoms with Crippen molar-refractivity contribution in [3.8, 4) is 5.75 Å². The van der Waals surface area contributed by atoms with Crippen LogP contribution in [0.1, 0.15) is 165 Å². The van der Waals surface area contributed by atoms with Gasteiger partial charge in [-0.3, -0.25) is 19.4 Å². The van der Waals surface area contributed by atoms with Gasteiger partial charge in [-0.2, -0.15) is 0 Å². The van der Waals surface area contributed by atoms with E-state index in [1.54, 1.807) is 0 Å². The molecule has 1 aromatic carbocycles. The number of unbranched alkanes of at least 4 members (excludes halogenated alkanes) is 1. The lowest BCUT2D eigenvalue weighted by molar-refractivity contribution is -0.200. The van der Waals surface area contributed by atoms with E-state index in [4.69, 9.17) is 0 Å². The Bertz CT molecular complexity index is 1350. The number of aliphatic carboxylic acids is 2. The molecule has 0 aromatic heterocycles. The summed E-state index contributed by atoms with van der Waals surface area (Å²) in [6, 6.07) is 4.10. The third kappa shape index (κ3) is 6.36. The van der Waals surface area contributed by atoms with E-state index in [2.05, 4.69) is 127 Å². The molecule has 2 aliphatic rings. The Morgan fingerprint density at radius 3 is 1.45 bits per heavy atom. The first-order chi connectivity index (χ1) is 21.9. The van der Waals surface area contributed by atoms with Crippen molar-refractivity contribution in [1.82, 2.24) is 9.80 Å². The van der Waals surface area contributed by atoms with Crippen molar-refractivity contribution in [2.75, 3.05) is 14.1 Å². The minimum absolute atomic E-state index is 0.0302. The summed E-state index contributed by atoms with van der Waals surface area (Å²) in [6.45, 7) is 32.2. The van der Waals surface area contributed by atoms with E-state index < -0.39 is 51.1 Å². The first kappa shape index (κ1) is 41.3. The fourth-order valence-electron chi connectivity index (χ4n) is 10.3. The molecule has 7 heteroatoms. The van der Waals surface area contributed by atoms with Gasteiger partial charge in [0.25, 0.3) is 0 Å². The molecule has 0 saturated carbocycles. The van der Waals surface area contributed by atoms with Gasteiger partial charge in [0.1, 0.15) is 5.75 Å². The average molecular weight is 685 g/mol. The maximum Gasteiger partial charge on any atom is 0.322 e. The largest absolute Gasteiger partial charge is 0.507 e. The van der Waals surface area contributed by atoms with Crippen LogP contribution in [0.25, 0.3) is 0 Å². The fourth-order valence-corrected chi connectivity index (χ4v) is 10.3. The van der Waals surface area contributed by atoms with Gasteiger partial charge in [0.05, 0.1) is 0 Å². The Morgan fingerprint density at radius 1 is 0.735 bits per heavy atom. The highest BCUT2D eigenvalue weighted by atomic mass is 16.4. The van der Waals surface area contributed by atoms with Crippen molar-refractivity contribution in [3.63, 3.8) is 0 Å². The van der Waals surface area contributed by atoms with Gasteiger partial charge in [-0.05, 0) is 135 Å². The number of benzene rings is 1. The molecule has 0 radical (unpaired) electrons. The molecule has 0 amide bonds. The summed E-state index contributed by atoms with van der Waals surface area (Å²) >= 11 is 0. The lowest BCUT2D eigenvalue weighted by atomic mass is 9.39. The molecule has 2 heterocycles. The summed E-state index contributed by atoms with van der Waals surface area (Å²) in [5.41, 5.74) is -4.08. The molecule has 0 aliphatic carbocycles. The lowest BCUT2D eigenvalue weighted by Gasteiger charge is -2.69. The van der Waals surface area contributed by atoms with E-state index in [9.17, 15) is 24.9 Å². The second kappa shape index (κ2) is 12.8. The zero-order valence-corrected chi connectivity index (χ0v) is 34.3. The standard InChI is InChI=1S/C42H72N2O5/c1-18-19-22-41(33(46)47,34(48)49)42(30-20-23-37(8,9)43(16)39(30,12)13,31-21-24-38(10,11)44(17)40(31,14)15)29-26-27(35(2,3)4)25-28(32(29)45)36(5,6)7/h25-26,30-31,45H,18-24H2,1-17H3,(H,46,47)(H,48,49). The van der Waals surface area contributed by atoms with Gasteiger partial charge in [-0.1, -0.05) is 73.4 Å². The molecule has 3 N–H and O–H groups in total. The SMILES string of the molecule is CCCCC(C(=O)O)(C(=O)O)C(c1cc(C(C)(C)C)cc(C(C)(C)C)c1O)(C1CCC(C)(C)N(C)C1(C)C)C1CCC(C)(C)N(C)C1(C)C. The van der Waals surface area contributed by atoms with Gasteiger partial charge in [-0.15, -0.1) is 0 Å². The summed E-state index contributed by atoms with van der Waals surface area (Å²) < 4.78 is 0. The predicted molar refractivity (Wildman–Crippen MR) is 202 cm³/mol. The van der Waals surface area contributed by atoms with E-state index in [1.807, 2.05) is 13.0 Å². The molecular weight excluding hydrogens is 612 g/mol. The van der Waals surface area contributed by atoms with Gasteiger partial charge in [0, 0.05) is 33.1 Å². The molecule has 7 nitrogen and oxygen atoms in total. The number of hydrogen-bond donors (Lipinski definition) is 3. The number of phenols is 1. The van der Waals surface area contributed by atoms with Crippen LogP contribution in [0.2, 0.25) is 0 Å². The molecule has 2 saturated heterocycles. The number of rotatable bonds is 9. The molecule has 2 unspecified atom stereocenters. The van der Waals surface area contributed by atoms with E-state index in [-0.39, 0.29) is 28.7 Å². The highest BCUT2D eigenvalue weighted by Crippen LogP contribution is 2.68. The Labute approximate surface area is 299 Å². The van der Waals surface area contributed by atoms with Crippen LogP contribution in [0.4, 0.5) is 0 Å². The van der Waals surface area contributed by atoms with Crippen molar-refractivity contribution in [1.29, 1.82) is 0 Å². The number of hydrogen-bond acceptors (Lipinski definition) is 5. The van der Waals surface area contributed by atoms with E-state index >= 15 is 0 Å². The molecule has 2 aliphatic heterocycles. The van der Waals surface area contributed by atoms with Crippen molar-refractivity contribution < 1.29 is 24.9 Å². The second-order valence-electron chi connectivity index (χ2n) is 20.1. The van der Waals surface area contributed by atoms with Crippen LogP contribution in [-0.4, -0.2) is 73.3 Å². The van der Waals surface area contributed by atoms with E-state index in [0.29, 0.717) is 31.2 Å². The molecule has 1 aromatic rings. The zero-order valence-electron chi connectivity index (χ0n) is 34.3. The number of nitrogens with zero attached hydrogens (tertiary/aromatic N) is 2. The number of carboxylic acid groups (broad SMARTS) is 2. The molecule has 0 spiro atoms. The topological polar surface area (TPSA) is 101 Å². The van der Waals surface area contributed by atoms with Gasteiger partial charge in [0.15, 0.2) is 5.41 Å². The number of piperidine rings is 2. The minimum atomic E-state index is -2.24. The third-order valence-electron chi connectivity index (χ3n) is 14.0. The molecule has 3 rings (SSSR count). The van der Waals surface area contributed by atoms with Crippen LogP contribution in [-0.2, 0) is 25.8 Å². The number of aromatic hydroxyl groups is 1. The minimum Gasteiger partial charge on any atom is -0.507 e. The summed E-state index contributed by atoms with van der Waals surface area (Å²) in [5.74, 6) is -3.43. The molecule has 280 valence electrons. The summed E-state index contributed by atoms with van der Waals surface area (Å²) in [6.07, 6.45) is 3.85. The number of carboxylic acids is 2.